The average Bonchev–Trinajstić information content (AvgIpc) is 2.84. The summed E-state index contributed by atoms with van der Waals surface area (Å²) in [5.74, 6) is 0. The molecule has 1 heterocycles. The van der Waals surface area contributed by atoms with Gasteiger partial charge in [0.05, 0.1) is 11.9 Å². The van der Waals surface area contributed by atoms with Crippen LogP contribution in [0, 0.1) is 0 Å². The van der Waals surface area contributed by atoms with Crippen molar-refractivity contribution in [1.82, 2.24) is 15.1 Å². The van der Waals surface area contributed by atoms with E-state index in [0.29, 0.717) is 17.8 Å². The Morgan fingerprint density at radius 2 is 2.00 bits per heavy atom. The first-order valence-electron chi connectivity index (χ1n) is 6.35. The van der Waals surface area contributed by atoms with Crippen molar-refractivity contribution in [2.45, 2.75) is 26.3 Å². The fourth-order valence-electron chi connectivity index (χ4n) is 1.94. The highest BCUT2D eigenvalue weighted by atomic mass is 19.3. The second kappa shape index (κ2) is 6.43. The maximum absolute atomic E-state index is 13.2. The van der Waals surface area contributed by atoms with E-state index in [4.69, 9.17) is 0 Å². The number of nitrogens with zero attached hydrogens (tertiary/aromatic N) is 2. The van der Waals surface area contributed by atoms with E-state index in [9.17, 15) is 8.78 Å². The smallest absolute Gasteiger partial charge is 0.280 e. The lowest BCUT2D eigenvalue weighted by Crippen LogP contribution is -2.15. The Labute approximate surface area is 111 Å². The van der Waals surface area contributed by atoms with Crippen LogP contribution in [0.15, 0.2) is 36.5 Å². The molecule has 0 aliphatic heterocycles. The van der Waals surface area contributed by atoms with Crippen molar-refractivity contribution in [3.63, 3.8) is 0 Å². The molecule has 0 aliphatic carbocycles. The summed E-state index contributed by atoms with van der Waals surface area (Å²) < 4.78 is 27.8. The molecule has 0 unspecified atom stereocenters. The molecule has 0 saturated heterocycles. The zero-order valence-corrected chi connectivity index (χ0v) is 10.8. The van der Waals surface area contributed by atoms with Crippen molar-refractivity contribution in [1.29, 1.82) is 0 Å². The van der Waals surface area contributed by atoms with Crippen LogP contribution in [-0.4, -0.2) is 16.3 Å². The SMILES string of the molecule is CCCNCc1cnn(-c2ccccc2)c1C(F)F. The van der Waals surface area contributed by atoms with E-state index in [1.54, 1.807) is 24.3 Å². The van der Waals surface area contributed by atoms with Crippen molar-refractivity contribution in [3.8, 4) is 5.69 Å². The lowest BCUT2D eigenvalue weighted by atomic mass is 10.2. The van der Waals surface area contributed by atoms with Gasteiger partial charge in [-0.05, 0) is 25.1 Å². The van der Waals surface area contributed by atoms with Crippen molar-refractivity contribution in [2.24, 2.45) is 0 Å². The summed E-state index contributed by atoms with van der Waals surface area (Å²) in [4.78, 5) is 0. The topological polar surface area (TPSA) is 29.9 Å². The number of para-hydroxylation sites is 1. The molecule has 102 valence electrons. The average molecular weight is 265 g/mol. The molecule has 0 atom stereocenters. The standard InChI is InChI=1S/C14H17F2N3/c1-2-8-17-9-11-10-18-19(13(11)14(15)16)12-6-4-3-5-7-12/h3-7,10,14,17H,2,8-9H2,1H3. The van der Waals surface area contributed by atoms with Gasteiger partial charge in [-0.1, -0.05) is 25.1 Å². The van der Waals surface area contributed by atoms with Gasteiger partial charge in [0, 0.05) is 12.1 Å². The van der Waals surface area contributed by atoms with E-state index in [1.807, 2.05) is 13.0 Å². The lowest BCUT2D eigenvalue weighted by molar-refractivity contribution is 0.141. The lowest BCUT2D eigenvalue weighted by Gasteiger charge is -2.09. The van der Waals surface area contributed by atoms with E-state index < -0.39 is 6.43 Å². The maximum Gasteiger partial charge on any atom is 0.280 e. The fraction of sp³-hybridized carbons (Fsp3) is 0.357. The number of halogens is 2. The molecule has 0 fully saturated rings. The molecular weight excluding hydrogens is 248 g/mol. The van der Waals surface area contributed by atoms with Crippen LogP contribution in [0.2, 0.25) is 0 Å². The van der Waals surface area contributed by atoms with Crippen LogP contribution in [-0.2, 0) is 6.54 Å². The zero-order valence-electron chi connectivity index (χ0n) is 10.8. The monoisotopic (exact) mass is 265 g/mol. The molecule has 0 spiro atoms. The van der Waals surface area contributed by atoms with Crippen LogP contribution in [0.4, 0.5) is 8.78 Å². The molecule has 1 aromatic heterocycles. The Kier molecular flexibility index (Phi) is 4.63. The van der Waals surface area contributed by atoms with E-state index >= 15 is 0 Å². The van der Waals surface area contributed by atoms with Gasteiger partial charge in [0.15, 0.2) is 0 Å². The molecule has 5 heteroatoms. The van der Waals surface area contributed by atoms with Gasteiger partial charge in [0.25, 0.3) is 6.43 Å². The summed E-state index contributed by atoms with van der Waals surface area (Å²) in [6, 6.07) is 8.99. The van der Waals surface area contributed by atoms with Crippen LogP contribution < -0.4 is 5.32 Å². The highest BCUT2D eigenvalue weighted by Gasteiger charge is 2.20. The van der Waals surface area contributed by atoms with Gasteiger partial charge < -0.3 is 5.32 Å². The van der Waals surface area contributed by atoms with E-state index in [1.165, 1.54) is 10.9 Å². The van der Waals surface area contributed by atoms with Gasteiger partial charge in [-0.25, -0.2) is 13.5 Å². The molecule has 0 amide bonds. The van der Waals surface area contributed by atoms with Gasteiger partial charge in [0.1, 0.15) is 5.69 Å². The molecule has 0 aliphatic rings. The summed E-state index contributed by atoms with van der Waals surface area (Å²) in [7, 11) is 0. The summed E-state index contributed by atoms with van der Waals surface area (Å²) in [5, 5.41) is 7.21. The van der Waals surface area contributed by atoms with E-state index in [0.717, 1.165) is 13.0 Å². The first kappa shape index (κ1) is 13.7. The third-order valence-electron chi connectivity index (χ3n) is 2.84. The molecule has 2 aromatic rings. The van der Waals surface area contributed by atoms with Crippen LogP contribution in [0.3, 0.4) is 0 Å². The first-order valence-corrected chi connectivity index (χ1v) is 6.35. The van der Waals surface area contributed by atoms with E-state index in [-0.39, 0.29) is 5.69 Å². The number of hydrogen-bond acceptors (Lipinski definition) is 2. The highest BCUT2D eigenvalue weighted by molar-refractivity contribution is 5.35. The Morgan fingerprint density at radius 1 is 1.26 bits per heavy atom. The number of aromatic nitrogens is 2. The molecule has 0 bridgehead atoms. The van der Waals surface area contributed by atoms with Gasteiger partial charge in [-0.3, -0.25) is 0 Å². The largest absolute Gasteiger partial charge is 0.313 e. The summed E-state index contributed by atoms with van der Waals surface area (Å²) in [6.07, 6.45) is -0.0605. The number of hydrogen-bond donors (Lipinski definition) is 1. The fourth-order valence-corrected chi connectivity index (χ4v) is 1.94. The predicted octanol–water partition coefficient (Wildman–Crippen LogP) is 3.31. The minimum atomic E-state index is -2.54. The predicted molar refractivity (Wildman–Crippen MR) is 70.5 cm³/mol. The van der Waals surface area contributed by atoms with Crippen LogP contribution >= 0.6 is 0 Å². The third kappa shape index (κ3) is 3.17. The van der Waals surface area contributed by atoms with Crippen molar-refractivity contribution < 1.29 is 8.78 Å². The van der Waals surface area contributed by atoms with Gasteiger partial charge in [-0.15, -0.1) is 0 Å². The molecule has 3 nitrogen and oxygen atoms in total. The molecule has 1 N–H and O–H groups in total. The first-order chi connectivity index (χ1) is 9.24. The van der Waals surface area contributed by atoms with Crippen molar-refractivity contribution in [2.75, 3.05) is 6.54 Å². The number of rotatable bonds is 6. The Bertz CT molecular complexity index is 509. The van der Waals surface area contributed by atoms with E-state index in [2.05, 4.69) is 10.4 Å². The van der Waals surface area contributed by atoms with Gasteiger partial charge in [-0.2, -0.15) is 5.10 Å². The number of nitrogens with one attached hydrogen (secondary N) is 1. The molecular formula is C14H17F2N3. The second-order valence-electron chi connectivity index (χ2n) is 4.28. The second-order valence-corrected chi connectivity index (χ2v) is 4.28. The van der Waals surface area contributed by atoms with Crippen LogP contribution in [0.5, 0.6) is 0 Å². The molecule has 0 saturated carbocycles. The zero-order chi connectivity index (χ0) is 13.7. The highest BCUT2D eigenvalue weighted by Crippen LogP contribution is 2.25. The van der Waals surface area contributed by atoms with Crippen LogP contribution in [0.1, 0.15) is 31.0 Å². The Morgan fingerprint density at radius 3 is 2.63 bits per heavy atom. The summed E-state index contributed by atoms with van der Waals surface area (Å²) in [6.45, 7) is 3.26. The molecule has 2 rings (SSSR count). The van der Waals surface area contributed by atoms with Gasteiger partial charge >= 0.3 is 0 Å². The minimum absolute atomic E-state index is 0.0326. The normalized spacial score (nSPS) is 11.2. The summed E-state index contributed by atoms with van der Waals surface area (Å²) in [5.41, 5.74) is 1.17. The minimum Gasteiger partial charge on any atom is -0.313 e. The van der Waals surface area contributed by atoms with Crippen LogP contribution in [0.25, 0.3) is 5.69 Å². The molecule has 0 radical (unpaired) electrons. The molecule has 1 aromatic carbocycles. The Hall–Kier alpha value is -1.75. The summed E-state index contributed by atoms with van der Waals surface area (Å²) >= 11 is 0. The molecule has 19 heavy (non-hydrogen) atoms. The van der Waals surface area contributed by atoms with Gasteiger partial charge in [0.2, 0.25) is 0 Å². The number of alkyl halides is 2. The van der Waals surface area contributed by atoms with Crippen molar-refractivity contribution in [3.05, 3.63) is 47.8 Å². The Balaban J connectivity index is 2.30. The quantitative estimate of drug-likeness (QED) is 0.812. The maximum atomic E-state index is 13.2. The number of benzene rings is 1. The van der Waals surface area contributed by atoms with Crippen molar-refractivity contribution >= 4 is 0 Å². The third-order valence-corrected chi connectivity index (χ3v) is 2.84.